The van der Waals surface area contributed by atoms with Crippen molar-refractivity contribution in [2.75, 3.05) is 6.54 Å². The van der Waals surface area contributed by atoms with Gasteiger partial charge in [0.15, 0.2) is 0 Å². The predicted molar refractivity (Wildman–Crippen MR) is 89.0 cm³/mol. The molecule has 0 atom stereocenters. The van der Waals surface area contributed by atoms with Crippen LogP contribution in [0.25, 0.3) is 0 Å². The number of ether oxygens (including phenoxy) is 1. The van der Waals surface area contributed by atoms with Gasteiger partial charge < -0.3 is 10.1 Å². The molecule has 0 amide bonds. The summed E-state index contributed by atoms with van der Waals surface area (Å²) in [6.07, 6.45) is 1.11. The number of rotatable bonds is 7. The topological polar surface area (TPSA) is 21.3 Å². The molecule has 0 unspecified atom stereocenters. The Hall–Kier alpha value is -1.51. The van der Waals surface area contributed by atoms with Crippen molar-refractivity contribution in [2.24, 2.45) is 0 Å². The van der Waals surface area contributed by atoms with Gasteiger partial charge in [-0.3, -0.25) is 0 Å². The Bertz CT molecular complexity index is 583. The molecule has 0 bridgehead atoms. The number of halogens is 1. The van der Waals surface area contributed by atoms with E-state index in [0.29, 0.717) is 11.6 Å². The molecular weight excluding hydrogens is 282 g/mol. The maximum Gasteiger partial charge on any atom is 0.142 e. The summed E-state index contributed by atoms with van der Waals surface area (Å²) >= 11 is 6.29. The standard InChI is InChI=1S/C18H22ClNO/c1-3-10-20-12-16-8-5-9-17(19)18(16)21-13-15-7-4-6-14(2)11-15/h4-9,11,20H,3,10,12-13H2,1-2H3. The van der Waals surface area contributed by atoms with E-state index in [1.165, 1.54) is 5.56 Å². The lowest BCUT2D eigenvalue weighted by molar-refractivity contribution is 0.302. The molecule has 0 saturated carbocycles. The van der Waals surface area contributed by atoms with Crippen LogP contribution < -0.4 is 10.1 Å². The van der Waals surface area contributed by atoms with E-state index in [0.717, 1.165) is 36.4 Å². The second kappa shape index (κ2) is 8.06. The molecule has 0 aliphatic rings. The fraction of sp³-hybridized carbons (Fsp3) is 0.333. The summed E-state index contributed by atoms with van der Waals surface area (Å²) < 4.78 is 5.97. The molecule has 0 aliphatic heterocycles. The Labute approximate surface area is 132 Å². The van der Waals surface area contributed by atoms with Gasteiger partial charge in [-0.25, -0.2) is 0 Å². The zero-order chi connectivity index (χ0) is 15.1. The minimum Gasteiger partial charge on any atom is -0.487 e. The Balaban J connectivity index is 2.07. The van der Waals surface area contributed by atoms with Crippen LogP contribution in [0.1, 0.15) is 30.0 Å². The first-order valence-corrected chi connectivity index (χ1v) is 7.75. The van der Waals surface area contributed by atoms with Crippen molar-refractivity contribution in [1.29, 1.82) is 0 Å². The van der Waals surface area contributed by atoms with E-state index in [-0.39, 0.29) is 0 Å². The van der Waals surface area contributed by atoms with Crippen LogP contribution >= 0.6 is 11.6 Å². The summed E-state index contributed by atoms with van der Waals surface area (Å²) in [7, 11) is 0. The highest BCUT2D eigenvalue weighted by Gasteiger charge is 2.08. The smallest absolute Gasteiger partial charge is 0.142 e. The lowest BCUT2D eigenvalue weighted by Gasteiger charge is -2.14. The average Bonchev–Trinajstić information content (AvgIpc) is 2.47. The maximum absolute atomic E-state index is 6.29. The highest BCUT2D eigenvalue weighted by molar-refractivity contribution is 6.32. The third-order valence-electron chi connectivity index (χ3n) is 3.26. The Morgan fingerprint density at radius 2 is 1.95 bits per heavy atom. The largest absolute Gasteiger partial charge is 0.487 e. The summed E-state index contributed by atoms with van der Waals surface area (Å²) in [5.74, 6) is 0.782. The summed E-state index contributed by atoms with van der Waals surface area (Å²) in [5, 5.41) is 4.05. The third-order valence-corrected chi connectivity index (χ3v) is 3.55. The average molecular weight is 304 g/mol. The molecule has 0 fully saturated rings. The van der Waals surface area contributed by atoms with Gasteiger partial charge in [-0.05, 0) is 31.5 Å². The van der Waals surface area contributed by atoms with Gasteiger partial charge in [0.25, 0.3) is 0 Å². The van der Waals surface area contributed by atoms with Crippen LogP contribution in [0.2, 0.25) is 5.02 Å². The normalized spacial score (nSPS) is 10.6. The molecule has 2 nitrogen and oxygen atoms in total. The van der Waals surface area contributed by atoms with Crippen LogP contribution in [0.3, 0.4) is 0 Å². The number of para-hydroxylation sites is 1. The highest BCUT2D eigenvalue weighted by atomic mass is 35.5. The number of nitrogens with one attached hydrogen (secondary N) is 1. The first-order chi connectivity index (χ1) is 10.2. The van der Waals surface area contributed by atoms with Crippen molar-refractivity contribution >= 4 is 11.6 Å². The van der Waals surface area contributed by atoms with Crippen LogP contribution in [0.15, 0.2) is 42.5 Å². The fourth-order valence-electron chi connectivity index (χ4n) is 2.21. The van der Waals surface area contributed by atoms with Crippen LogP contribution in [-0.2, 0) is 13.2 Å². The lowest BCUT2D eigenvalue weighted by atomic mass is 10.1. The monoisotopic (exact) mass is 303 g/mol. The van der Waals surface area contributed by atoms with Crippen molar-refractivity contribution in [3.05, 3.63) is 64.2 Å². The Kier molecular flexibility index (Phi) is 6.09. The van der Waals surface area contributed by atoms with Crippen LogP contribution in [0, 0.1) is 6.92 Å². The zero-order valence-corrected chi connectivity index (χ0v) is 13.4. The number of hydrogen-bond donors (Lipinski definition) is 1. The number of aryl methyl sites for hydroxylation is 1. The molecule has 21 heavy (non-hydrogen) atoms. The molecule has 0 radical (unpaired) electrons. The molecule has 3 heteroatoms. The molecule has 0 aromatic heterocycles. The van der Waals surface area contributed by atoms with E-state index >= 15 is 0 Å². The number of benzene rings is 2. The van der Waals surface area contributed by atoms with E-state index in [2.05, 4.69) is 43.4 Å². The summed E-state index contributed by atoms with van der Waals surface area (Å²) in [6.45, 7) is 6.53. The summed E-state index contributed by atoms with van der Waals surface area (Å²) in [5.41, 5.74) is 3.49. The molecule has 0 spiro atoms. The molecule has 2 aromatic rings. The predicted octanol–water partition coefficient (Wildman–Crippen LogP) is 4.73. The van der Waals surface area contributed by atoms with Gasteiger partial charge in [-0.2, -0.15) is 0 Å². The second-order valence-corrected chi connectivity index (χ2v) is 5.59. The second-order valence-electron chi connectivity index (χ2n) is 5.18. The molecule has 2 rings (SSSR count). The van der Waals surface area contributed by atoms with Gasteiger partial charge in [0.1, 0.15) is 12.4 Å². The Morgan fingerprint density at radius 1 is 1.14 bits per heavy atom. The van der Waals surface area contributed by atoms with Gasteiger partial charge >= 0.3 is 0 Å². The SMILES string of the molecule is CCCNCc1cccc(Cl)c1OCc1cccc(C)c1. The lowest BCUT2D eigenvalue weighted by Crippen LogP contribution is -2.14. The number of hydrogen-bond acceptors (Lipinski definition) is 2. The van der Waals surface area contributed by atoms with Crippen molar-refractivity contribution in [1.82, 2.24) is 5.32 Å². The van der Waals surface area contributed by atoms with Gasteiger partial charge in [-0.1, -0.05) is 60.5 Å². The summed E-state index contributed by atoms with van der Waals surface area (Å²) in [6, 6.07) is 14.2. The molecule has 0 saturated heterocycles. The quantitative estimate of drug-likeness (QED) is 0.747. The van der Waals surface area contributed by atoms with E-state index < -0.39 is 0 Å². The molecule has 0 aliphatic carbocycles. The van der Waals surface area contributed by atoms with E-state index in [9.17, 15) is 0 Å². The molecule has 1 N–H and O–H groups in total. The van der Waals surface area contributed by atoms with Crippen LogP contribution in [0.4, 0.5) is 0 Å². The van der Waals surface area contributed by atoms with Crippen molar-refractivity contribution < 1.29 is 4.74 Å². The van der Waals surface area contributed by atoms with E-state index in [1.807, 2.05) is 18.2 Å². The molecule has 0 heterocycles. The third kappa shape index (κ3) is 4.76. The van der Waals surface area contributed by atoms with Crippen molar-refractivity contribution in [3.8, 4) is 5.75 Å². The van der Waals surface area contributed by atoms with Crippen molar-refractivity contribution in [2.45, 2.75) is 33.4 Å². The van der Waals surface area contributed by atoms with Crippen molar-refractivity contribution in [3.63, 3.8) is 0 Å². The highest BCUT2D eigenvalue weighted by Crippen LogP contribution is 2.29. The van der Waals surface area contributed by atoms with Gasteiger partial charge in [0, 0.05) is 12.1 Å². The molecule has 2 aromatic carbocycles. The zero-order valence-electron chi connectivity index (χ0n) is 12.7. The first-order valence-electron chi connectivity index (χ1n) is 7.37. The fourth-order valence-corrected chi connectivity index (χ4v) is 2.46. The van der Waals surface area contributed by atoms with Crippen LogP contribution in [-0.4, -0.2) is 6.54 Å². The summed E-state index contributed by atoms with van der Waals surface area (Å²) in [4.78, 5) is 0. The Morgan fingerprint density at radius 3 is 2.71 bits per heavy atom. The minimum atomic E-state index is 0.534. The van der Waals surface area contributed by atoms with Gasteiger partial charge in [0.2, 0.25) is 0 Å². The first kappa shape index (κ1) is 15.9. The van der Waals surface area contributed by atoms with Crippen LogP contribution in [0.5, 0.6) is 5.75 Å². The maximum atomic E-state index is 6.29. The molecule has 112 valence electrons. The van der Waals surface area contributed by atoms with Gasteiger partial charge in [-0.15, -0.1) is 0 Å². The van der Waals surface area contributed by atoms with E-state index in [4.69, 9.17) is 16.3 Å². The molecular formula is C18H22ClNO. The van der Waals surface area contributed by atoms with Gasteiger partial charge in [0.05, 0.1) is 5.02 Å². The minimum absolute atomic E-state index is 0.534. The van der Waals surface area contributed by atoms with E-state index in [1.54, 1.807) is 0 Å².